The van der Waals surface area contributed by atoms with Crippen molar-refractivity contribution >= 4 is 22.0 Å². The van der Waals surface area contributed by atoms with Gasteiger partial charge >= 0.3 is 6.09 Å². The molecule has 0 atom stereocenters. The van der Waals surface area contributed by atoms with Gasteiger partial charge in [-0.15, -0.1) is 5.10 Å². The Morgan fingerprint density at radius 2 is 2.00 bits per heavy atom. The van der Waals surface area contributed by atoms with Gasteiger partial charge in [-0.3, -0.25) is 0 Å². The molecule has 6 heteroatoms. The summed E-state index contributed by atoms with van der Waals surface area (Å²) in [7, 11) is 0. The number of aromatic nitrogens is 2. The summed E-state index contributed by atoms with van der Waals surface area (Å²) in [5.41, 5.74) is 0.234. The van der Waals surface area contributed by atoms with Crippen molar-refractivity contribution in [3.8, 4) is 0 Å². The second kappa shape index (κ2) is 7.02. The lowest BCUT2D eigenvalue weighted by Crippen LogP contribution is -2.38. The van der Waals surface area contributed by atoms with Gasteiger partial charge in [0.25, 0.3) is 0 Å². The Morgan fingerprint density at radius 1 is 1.35 bits per heavy atom. The summed E-state index contributed by atoms with van der Waals surface area (Å²) in [6.07, 6.45) is -0.323. The quantitative estimate of drug-likeness (QED) is 0.837. The van der Waals surface area contributed by atoms with Crippen LogP contribution in [0.4, 0.5) is 4.79 Å². The predicted octanol–water partition coefficient (Wildman–Crippen LogP) is 3.63. The molecule has 0 spiro atoms. The Hall–Kier alpha value is -1.17. The van der Waals surface area contributed by atoms with Gasteiger partial charge in [-0.1, -0.05) is 13.8 Å². The fourth-order valence-corrected chi connectivity index (χ4v) is 1.81. The zero-order valence-electron chi connectivity index (χ0n) is 12.7. The highest BCUT2D eigenvalue weighted by molar-refractivity contribution is 9.10. The van der Waals surface area contributed by atoms with Gasteiger partial charge in [0, 0.05) is 6.54 Å². The van der Waals surface area contributed by atoms with Gasteiger partial charge < -0.3 is 9.64 Å². The number of halogens is 1. The molecule has 0 saturated carbocycles. The maximum absolute atomic E-state index is 12.2. The first-order chi connectivity index (χ1) is 9.17. The van der Waals surface area contributed by atoms with Gasteiger partial charge in [-0.05, 0) is 54.8 Å². The molecular weight excluding hydrogens is 322 g/mol. The van der Waals surface area contributed by atoms with Crippen LogP contribution in [0.15, 0.2) is 16.7 Å². The Labute approximate surface area is 128 Å². The number of carbonyl (C=O) groups excluding carboxylic acids is 1. The van der Waals surface area contributed by atoms with Crippen molar-refractivity contribution in [2.75, 3.05) is 6.54 Å². The Bertz CT molecular complexity index is 441. The summed E-state index contributed by atoms with van der Waals surface area (Å²) in [4.78, 5) is 13.9. The molecule has 1 aromatic heterocycles. The molecular formula is C14H22BrN3O2. The molecule has 112 valence electrons. The molecule has 0 aliphatic heterocycles. The van der Waals surface area contributed by atoms with Crippen LogP contribution >= 0.6 is 15.9 Å². The van der Waals surface area contributed by atoms with Gasteiger partial charge in [0.05, 0.1) is 12.2 Å². The van der Waals surface area contributed by atoms with Crippen LogP contribution < -0.4 is 0 Å². The van der Waals surface area contributed by atoms with Crippen LogP contribution in [0.25, 0.3) is 0 Å². The van der Waals surface area contributed by atoms with Crippen LogP contribution in [-0.2, 0) is 11.3 Å². The standard InChI is InChI=1S/C14H22BrN3O2/c1-10(2)8-18(13(19)20-14(3,4)5)9-11-6-7-12(15)17-16-11/h6-7,10H,8-9H2,1-5H3. The number of hydrogen-bond acceptors (Lipinski definition) is 4. The van der Waals surface area contributed by atoms with Crippen molar-refractivity contribution in [1.82, 2.24) is 15.1 Å². The maximum Gasteiger partial charge on any atom is 0.410 e. The normalized spacial score (nSPS) is 11.6. The van der Waals surface area contributed by atoms with E-state index in [-0.39, 0.29) is 6.09 Å². The van der Waals surface area contributed by atoms with Gasteiger partial charge in [0.1, 0.15) is 10.2 Å². The van der Waals surface area contributed by atoms with Crippen LogP contribution in [-0.4, -0.2) is 33.3 Å². The lowest BCUT2D eigenvalue weighted by molar-refractivity contribution is 0.0208. The Kier molecular flexibility index (Phi) is 5.92. The second-order valence-corrected chi connectivity index (χ2v) is 6.91. The molecule has 1 amide bonds. The molecule has 0 radical (unpaired) electrons. The largest absolute Gasteiger partial charge is 0.444 e. The van der Waals surface area contributed by atoms with Gasteiger partial charge in [0.15, 0.2) is 0 Å². The molecule has 0 aromatic carbocycles. The van der Waals surface area contributed by atoms with Crippen molar-refractivity contribution in [2.24, 2.45) is 5.92 Å². The third-order valence-electron chi connectivity index (χ3n) is 2.28. The van der Waals surface area contributed by atoms with Crippen molar-refractivity contribution < 1.29 is 9.53 Å². The van der Waals surface area contributed by atoms with Gasteiger partial charge in [-0.25, -0.2) is 4.79 Å². The first kappa shape index (κ1) is 16.9. The van der Waals surface area contributed by atoms with Crippen molar-refractivity contribution in [2.45, 2.75) is 46.8 Å². The van der Waals surface area contributed by atoms with Gasteiger partial charge in [0.2, 0.25) is 0 Å². The molecule has 0 N–H and O–H groups in total. The predicted molar refractivity (Wildman–Crippen MR) is 81.2 cm³/mol. The van der Waals surface area contributed by atoms with Crippen molar-refractivity contribution in [1.29, 1.82) is 0 Å². The average Bonchev–Trinajstić information content (AvgIpc) is 2.28. The average molecular weight is 344 g/mol. The van der Waals surface area contributed by atoms with E-state index < -0.39 is 5.60 Å². The zero-order chi connectivity index (χ0) is 15.3. The minimum absolute atomic E-state index is 0.323. The minimum atomic E-state index is -0.502. The molecule has 0 unspecified atom stereocenters. The lowest BCUT2D eigenvalue weighted by Gasteiger charge is -2.28. The fourth-order valence-electron chi connectivity index (χ4n) is 1.59. The molecule has 0 aliphatic rings. The third kappa shape index (κ3) is 6.32. The molecule has 1 heterocycles. The number of nitrogens with zero attached hydrogens (tertiary/aromatic N) is 3. The molecule has 0 bridgehead atoms. The zero-order valence-corrected chi connectivity index (χ0v) is 14.3. The highest BCUT2D eigenvalue weighted by Gasteiger charge is 2.23. The lowest BCUT2D eigenvalue weighted by atomic mass is 10.2. The van der Waals surface area contributed by atoms with Crippen LogP contribution in [0.5, 0.6) is 0 Å². The van der Waals surface area contributed by atoms with Crippen LogP contribution in [0.1, 0.15) is 40.3 Å². The maximum atomic E-state index is 12.2. The van der Waals surface area contributed by atoms with Crippen molar-refractivity contribution in [3.63, 3.8) is 0 Å². The second-order valence-electron chi connectivity index (χ2n) is 6.10. The fraction of sp³-hybridized carbons (Fsp3) is 0.643. The first-order valence-electron chi connectivity index (χ1n) is 6.63. The minimum Gasteiger partial charge on any atom is -0.444 e. The van der Waals surface area contributed by atoms with Crippen LogP contribution in [0, 0.1) is 5.92 Å². The Balaban J connectivity index is 2.78. The van der Waals surface area contributed by atoms with Gasteiger partial charge in [-0.2, -0.15) is 5.10 Å². The molecule has 5 nitrogen and oxygen atoms in total. The van der Waals surface area contributed by atoms with E-state index in [0.29, 0.717) is 23.6 Å². The topological polar surface area (TPSA) is 55.3 Å². The van der Waals surface area contributed by atoms with E-state index >= 15 is 0 Å². The number of carbonyl (C=O) groups is 1. The SMILES string of the molecule is CC(C)CN(Cc1ccc(Br)nn1)C(=O)OC(C)(C)C. The van der Waals surface area contributed by atoms with Crippen LogP contribution in [0.2, 0.25) is 0 Å². The summed E-state index contributed by atoms with van der Waals surface area (Å²) < 4.78 is 6.10. The third-order valence-corrected chi connectivity index (χ3v) is 2.70. The van der Waals surface area contributed by atoms with E-state index in [1.54, 1.807) is 4.90 Å². The van der Waals surface area contributed by atoms with Crippen molar-refractivity contribution in [3.05, 3.63) is 22.4 Å². The van der Waals surface area contributed by atoms with E-state index in [9.17, 15) is 4.79 Å². The highest BCUT2D eigenvalue weighted by atomic mass is 79.9. The molecule has 1 rings (SSSR count). The molecule has 0 aliphatic carbocycles. The summed E-state index contributed by atoms with van der Waals surface area (Å²) >= 11 is 3.24. The first-order valence-corrected chi connectivity index (χ1v) is 7.42. The van der Waals surface area contributed by atoms with E-state index in [2.05, 4.69) is 40.0 Å². The number of amides is 1. The number of rotatable bonds is 4. The molecule has 20 heavy (non-hydrogen) atoms. The summed E-state index contributed by atoms with van der Waals surface area (Å²) in [5, 5.41) is 7.99. The number of ether oxygens (including phenoxy) is 1. The molecule has 1 aromatic rings. The summed E-state index contributed by atoms with van der Waals surface area (Å²) in [6, 6.07) is 3.65. The Morgan fingerprint density at radius 3 is 2.45 bits per heavy atom. The van der Waals surface area contributed by atoms with E-state index in [1.165, 1.54) is 0 Å². The van der Waals surface area contributed by atoms with E-state index in [1.807, 2.05) is 32.9 Å². The molecule has 0 saturated heterocycles. The van der Waals surface area contributed by atoms with E-state index in [0.717, 1.165) is 5.69 Å². The van der Waals surface area contributed by atoms with Crippen LogP contribution in [0.3, 0.4) is 0 Å². The smallest absolute Gasteiger partial charge is 0.410 e. The number of hydrogen-bond donors (Lipinski definition) is 0. The highest BCUT2D eigenvalue weighted by Crippen LogP contribution is 2.14. The molecule has 0 fully saturated rings. The summed E-state index contributed by atoms with van der Waals surface area (Å²) in [6.45, 7) is 10.7. The van der Waals surface area contributed by atoms with E-state index in [4.69, 9.17) is 4.74 Å². The monoisotopic (exact) mass is 343 g/mol. The summed E-state index contributed by atoms with van der Waals surface area (Å²) in [5.74, 6) is 0.353.